The Morgan fingerprint density at radius 2 is 2.07 bits per heavy atom. The lowest BCUT2D eigenvalue weighted by molar-refractivity contribution is 1.01. The molecule has 0 aliphatic rings. The molecule has 1 heterocycles. The molecule has 0 aromatic carbocycles. The molecule has 1 atom stereocenters. The smallest absolute Gasteiger partial charge is 0.150 e. The first-order valence-electron chi connectivity index (χ1n) is 3.78. The van der Waals surface area contributed by atoms with Crippen LogP contribution in [0.1, 0.15) is 6.92 Å². The molecule has 0 aliphatic heterocycles. The van der Waals surface area contributed by atoms with E-state index in [9.17, 15) is 0 Å². The summed E-state index contributed by atoms with van der Waals surface area (Å²) in [5.41, 5.74) is 0. The summed E-state index contributed by atoms with van der Waals surface area (Å²) in [4.78, 5) is 3.96. The number of hydrogen-bond donors (Lipinski definition) is 1. The van der Waals surface area contributed by atoms with Crippen molar-refractivity contribution in [2.75, 3.05) is 5.32 Å². The Labute approximate surface area is 97.6 Å². The van der Waals surface area contributed by atoms with E-state index in [4.69, 9.17) is 41.2 Å². The monoisotopic (exact) mass is 248 g/mol. The zero-order chi connectivity index (χ0) is 10.7. The van der Waals surface area contributed by atoms with Gasteiger partial charge in [0.1, 0.15) is 11.0 Å². The van der Waals surface area contributed by atoms with Gasteiger partial charge >= 0.3 is 0 Å². The van der Waals surface area contributed by atoms with Gasteiger partial charge in [-0.05, 0) is 13.0 Å². The first-order chi connectivity index (χ1) is 6.54. The maximum absolute atomic E-state index is 5.87. The number of terminal acetylenes is 1. The van der Waals surface area contributed by atoms with Crippen LogP contribution in [0, 0.1) is 12.3 Å². The standard InChI is InChI=1S/C9H7Cl3N2/c1-3-5(2)13-9-7(11)4-6(10)8(12)14-9/h1,4-5H,2H3,(H,13,14). The molecule has 74 valence electrons. The van der Waals surface area contributed by atoms with Crippen LogP contribution in [0.2, 0.25) is 15.2 Å². The van der Waals surface area contributed by atoms with E-state index < -0.39 is 0 Å². The lowest BCUT2D eigenvalue weighted by Crippen LogP contribution is -2.13. The SMILES string of the molecule is C#CC(C)Nc1nc(Cl)c(Cl)cc1Cl. The molecule has 0 radical (unpaired) electrons. The normalized spacial score (nSPS) is 11.9. The van der Waals surface area contributed by atoms with Gasteiger partial charge in [0, 0.05) is 0 Å². The molecule has 0 spiro atoms. The number of halogens is 3. The average Bonchev–Trinajstić information content (AvgIpc) is 2.14. The Kier molecular flexibility index (Phi) is 3.88. The van der Waals surface area contributed by atoms with Gasteiger partial charge in [-0.2, -0.15) is 0 Å². The predicted molar refractivity (Wildman–Crippen MR) is 61.2 cm³/mol. The van der Waals surface area contributed by atoms with Gasteiger partial charge in [0.25, 0.3) is 0 Å². The van der Waals surface area contributed by atoms with Gasteiger partial charge in [0.15, 0.2) is 0 Å². The predicted octanol–water partition coefficient (Wildman–Crippen LogP) is 3.48. The van der Waals surface area contributed by atoms with Gasteiger partial charge in [-0.25, -0.2) is 4.98 Å². The summed E-state index contributed by atoms with van der Waals surface area (Å²) >= 11 is 17.3. The Bertz CT molecular complexity index is 384. The van der Waals surface area contributed by atoms with E-state index in [0.29, 0.717) is 15.9 Å². The lowest BCUT2D eigenvalue weighted by Gasteiger charge is -2.10. The van der Waals surface area contributed by atoms with Crippen molar-refractivity contribution in [1.29, 1.82) is 0 Å². The van der Waals surface area contributed by atoms with Crippen molar-refractivity contribution in [1.82, 2.24) is 4.98 Å². The van der Waals surface area contributed by atoms with Gasteiger partial charge < -0.3 is 5.32 Å². The van der Waals surface area contributed by atoms with Crippen molar-refractivity contribution in [3.63, 3.8) is 0 Å². The number of rotatable bonds is 2. The average molecular weight is 250 g/mol. The van der Waals surface area contributed by atoms with E-state index in [1.165, 1.54) is 6.07 Å². The minimum atomic E-state index is -0.169. The van der Waals surface area contributed by atoms with E-state index in [-0.39, 0.29) is 11.2 Å². The second kappa shape index (κ2) is 4.75. The minimum Gasteiger partial charge on any atom is -0.355 e. The molecule has 0 aliphatic carbocycles. The third kappa shape index (κ3) is 2.68. The van der Waals surface area contributed by atoms with Gasteiger partial charge in [0.05, 0.1) is 16.1 Å². The quantitative estimate of drug-likeness (QED) is 0.641. The molecule has 0 amide bonds. The Morgan fingerprint density at radius 1 is 1.43 bits per heavy atom. The summed E-state index contributed by atoms with van der Waals surface area (Å²) in [6.07, 6.45) is 5.20. The molecule has 5 heteroatoms. The van der Waals surface area contributed by atoms with Crippen LogP contribution >= 0.6 is 34.8 Å². The second-order valence-corrected chi connectivity index (χ2v) is 3.80. The molecule has 14 heavy (non-hydrogen) atoms. The van der Waals surface area contributed by atoms with Crippen LogP contribution in [0.5, 0.6) is 0 Å². The summed E-state index contributed by atoms with van der Waals surface area (Å²) in [7, 11) is 0. The number of anilines is 1. The molecule has 1 aromatic heterocycles. The van der Waals surface area contributed by atoms with E-state index in [0.717, 1.165) is 0 Å². The molecule has 0 saturated heterocycles. The largest absolute Gasteiger partial charge is 0.355 e. The van der Waals surface area contributed by atoms with Crippen molar-refractivity contribution in [2.45, 2.75) is 13.0 Å². The van der Waals surface area contributed by atoms with E-state index in [1.807, 2.05) is 0 Å². The van der Waals surface area contributed by atoms with Crippen LogP contribution in [-0.4, -0.2) is 11.0 Å². The van der Waals surface area contributed by atoms with Gasteiger partial charge in [-0.3, -0.25) is 0 Å². The van der Waals surface area contributed by atoms with Crippen LogP contribution in [0.3, 0.4) is 0 Å². The fourth-order valence-corrected chi connectivity index (χ4v) is 1.34. The number of nitrogens with zero attached hydrogens (tertiary/aromatic N) is 1. The third-order valence-corrected chi connectivity index (χ3v) is 2.45. The summed E-state index contributed by atoms with van der Waals surface area (Å²) in [6.45, 7) is 1.81. The number of aromatic nitrogens is 1. The molecule has 0 fully saturated rings. The Hall–Kier alpha value is -0.620. The molecule has 1 rings (SSSR count). The van der Waals surface area contributed by atoms with E-state index in [1.54, 1.807) is 6.92 Å². The Balaban J connectivity index is 2.99. The lowest BCUT2D eigenvalue weighted by atomic mass is 10.3. The van der Waals surface area contributed by atoms with Gasteiger partial charge in [0.2, 0.25) is 0 Å². The molecule has 1 unspecified atom stereocenters. The third-order valence-electron chi connectivity index (χ3n) is 1.49. The van der Waals surface area contributed by atoms with Crippen molar-refractivity contribution in [2.24, 2.45) is 0 Å². The van der Waals surface area contributed by atoms with Crippen LogP contribution in [0.4, 0.5) is 5.82 Å². The zero-order valence-corrected chi connectivity index (χ0v) is 9.58. The summed E-state index contributed by atoms with van der Waals surface area (Å²) in [5.74, 6) is 2.93. The highest BCUT2D eigenvalue weighted by molar-refractivity contribution is 6.42. The van der Waals surface area contributed by atoms with Crippen molar-refractivity contribution in [3.8, 4) is 12.3 Å². The van der Waals surface area contributed by atoms with E-state index >= 15 is 0 Å². The highest BCUT2D eigenvalue weighted by Crippen LogP contribution is 2.28. The van der Waals surface area contributed by atoms with Crippen LogP contribution in [0.15, 0.2) is 6.07 Å². The first-order valence-corrected chi connectivity index (χ1v) is 4.92. The number of hydrogen-bond acceptors (Lipinski definition) is 2. The van der Waals surface area contributed by atoms with Crippen molar-refractivity contribution < 1.29 is 0 Å². The fraction of sp³-hybridized carbons (Fsp3) is 0.222. The Morgan fingerprint density at radius 3 is 2.64 bits per heavy atom. The van der Waals surface area contributed by atoms with E-state index in [2.05, 4.69) is 16.2 Å². The number of pyridine rings is 1. The molecule has 1 aromatic rings. The molecule has 0 saturated carbocycles. The topological polar surface area (TPSA) is 24.9 Å². The molecule has 0 bridgehead atoms. The molecular formula is C9H7Cl3N2. The van der Waals surface area contributed by atoms with Gasteiger partial charge in [-0.15, -0.1) is 6.42 Å². The number of nitrogens with one attached hydrogen (secondary N) is 1. The fourth-order valence-electron chi connectivity index (χ4n) is 0.792. The molecule has 2 nitrogen and oxygen atoms in total. The van der Waals surface area contributed by atoms with Crippen LogP contribution in [-0.2, 0) is 0 Å². The van der Waals surface area contributed by atoms with Crippen molar-refractivity contribution >= 4 is 40.6 Å². The highest BCUT2D eigenvalue weighted by atomic mass is 35.5. The summed E-state index contributed by atoms with van der Waals surface area (Å²) in [5, 5.41) is 3.81. The van der Waals surface area contributed by atoms with Crippen molar-refractivity contribution in [3.05, 3.63) is 21.3 Å². The van der Waals surface area contributed by atoms with Crippen LogP contribution in [0.25, 0.3) is 0 Å². The molecule has 1 N–H and O–H groups in total. The molecular weight excluding hydrogens is 242 g/mol. The zero-order valence-electron chi connectivity index (χ0n) is 7.31. The first kappa shape index (κ1) is 11.5. The maximum atomic E-state index is 5.87. The van der Waals surface area contributed by atoms with Gasteiger partial charge in [-0.1, -0.05) is 40.7 Å². The maximum Gasteiger partial charge on any atom is 0.150 e. The minimum absolute atomic E-state index is 0.169. The van der Waals surface area contributed by atoms with Crippen LogP contribution < -0.4 is 5.32 Å². The highest BCUT2D eigenvalue weighted by Gasteiger charge is 2.08. The summed E-state index contributed by atoms with van der Waals surface area (Å²) < 4.78 is 0. The second-order valence-electron chi connectivity index (χ2n) is 2.62. The summed E-state index contributed by atoms with van der Waals surface area (Å²) in [6, 6.07) is 1.35.